The number of carbonyl (C=O) groups excluding carboxylic acids is 3. The summed E-state index contributed by atoms with van der Waals surface area (Å²) < 4.78 is 5.51. The van der Waals surface area contributed by atoms with Gasteiger partial charge in [-0.1, -0.05) is 11.6 Å². The number of imide groups is 1. The van der Waals surface area contributed by atoms with Crippen LogP contribution in [0.15, 0.2) is 36.4 Å². The van der Waals surface area contributed by atoms with Gasteiger partial charge in [0.1, 0.15) is 5.75 Å². The molecule has 8 heteroatoms. The second-order valence-electron chi connectivity index (χ2n) is 6.73. The molecule has 0 spiro atoms. The summed E-state index contributed by atoms with van der Waals surface area (Å²) in [6.07, 6.45) is 1.58. The van der Waals surface area contributed by atoms with E-state index in [0.29, 0.717) is 11.6 Å². The van der Waals surface area contributed by atoms with Gasteiger partial charge in [0.05, 0.1) is 29.5 Å². The monoisotopic (exact) mass is 400 g/mol. The van der Waals surface area contributed by atoms with Gasteiger partial charge in [0, 0.05) is 17.2 Å². The number of ether oxygens (including phenoxy) is 1. The van der Waals surface area contributed by atoms with Crippen LogP contribution in [-0.4, -0.2) is 47.0 Å². The summed E-state index contributed by atoms with van der Waals surface area (Å²) in [4.78, 5) is 38.9. The summed E-state index contributed by atoms with van der Waals surface area (Å²) in [6, 6.07) is 8.61. The van der Waals surface area contributed by atoms with Gasteiger partial charge in [-0.25, -0.2) is 0 Å². The minimum atomic E-state index is -0.529. The van der Waals surface area contributed by atoms with Gasteiger partial charge in [0.2, 0.25) is 0 Å². The molecule has 0 radical (unpaired) electrons. The zero-order chi connectivity index (χ0) is 19.8. The number of benzene rings is 2. The molecular formula is C20H17ClN2O5. The van der Waals surface area contributed by atoms with Crippen LogP contribution in [0.3, 0.4) is 0 Å². The van der Waals surface area contributed by atoms with Gasteiger partial charge < -0.3 is 15.2 Å². The minimum Gasteiger partial charge on any atom is -0.506 e. The molecule has 2 aliphatic rings. The first kappa shape index (κ1) is 18.5. The summed E-state index contributed by atoms with van der Waals surface area (Å²) in [5.41, 5.74) is 0.801. The maximum absolute atomic E-state index is 12.7. The Hall–Kier alpha value is -2.90. The number of nitrogens with one attached hydrogen (secondary N) is 1. The third-order valence-corrected chi connectivity index (χ3v) is 5.08. The Balaban J connectivity index is 1.55. The van der Waals surface area contributed by atoms with Crippen molar-refractivity contribution < 1.29 is 24.2 Å². The van der Waals surface area contributed by atoms with Crippen LogP contribution < -0.4 is 5.32 Å². The molecule has 0 bridgehead atoms. The molecule has 0 aliphatic carbocycles. The van der Waals surface area contributed by atoms with Crippen LogP contribution >= 0.6 is 11.6 Å². The van der Waals surface area contributed by atoms with E-state index in [1.54, 1.807) is 0 Å². The normalized spacial score (nSPS) is 18.5. The zero-order valence-electron chi connectivity index (χ0n) is 14.8. The summed E-state index contributed by atoms with van der Waals surface area (Å²) in [5, 5.41) is 12.7. The summed E-state index contributed by atoms with van der Waals surface area (Å²) >= 11 is 5.88. The van der Waals surface area contributed by atoms with Crippen LogP contribution in [0.2, 0.25) is 5.02 Å². The highest BCUT2D eigenvalue weighted by atomic mass is 35.5. The molecule has 2 heterocycles. The molecule has 2 aliphatic heterocycles. The van der Waals surface area contributed by atoms with E-state index in [2.05, 4.69) is 5.32 Å². The summed E-state index contributed by atoms with van der Waals surface area (Å²) in [6.45, 7) is 0.846. The number of nitrogens with zero attached hydrogens (tertiary/aromatic N) is 1. The molecule has 28 heavy (non-hydrogen) atoms. The van der Waals surface area contributed by atoms with Crippen LogP contribution in [0.5, 0.6) is 5.75 Å². The molecular weight excluding hydrogens is 384 g/mol. The van der Waals surface area contributed by atoms with E-state index in [1.807, 2.05) is 0 Å². The van der Waals surface area contributed by atoms with Gasteiger partial charge in [-0.15, -0.1) is 0 Å². The van der Waals surface area contributed by atoms with Crippen molar-refractivity contribution in [1.29, 1.82) is 0 Å². The maximum Gasteiger partial charge on any atom is 0.261 e. The van der Waals surface area contributed by atoms with E-state index in [-0.39, 0.29) is 46.7 Å². The second-order valence-corrected chi connectivity index (χ2v) is 7.17. The van der Waals surface area contributed by atoms with Crippen molar-refractivity contribution in [3.05, 3.63) is 58.1 Å². The molecule has 0 saturated carbocycles. The lowest BCUT2D eigenvalue weighted by Gasteiger charge is -2.17. The average Bonchev–Trinajstić information content (AvgIpc) is 3.27. The van der Waals surface area contributed by atoms with Crippen molar-refractivity contribution >= 4 is 35.0 Å². The number of halogens is 1. The van der Waals surface area contributed by atoms with E-state index in [4.69, 9.17) is 16.3 Å². The third kappa shape index (κ3) is 3.34. The predicted octanol–water partition coefficient (Wildman–Crippen LogP) is 3.07. The first-order valence-corrected chi connectivity index (χ1v) is 9.23. The summed E-state index contributed by atoms with van der Waals surface area (Å²) in [5.74, 6) is -1.48. The Morgan fingerprint density at radius 1 is 1.18 bits per heavy atom. The number of carbonyl (C=O) groups is 3. The van der Waals surface area contributed by atoms with Crippen LogP contribution in [0, 0.1) is 0 Å². The molecule has 1 saturated heterocycles. The van der Waals surface area contributed by atoms with E-state index in [0.717, 1.165) is 12.8 Å². The van der Waals surface area contributed by atoms with Crippen molar-refractivity contribution in [2.75, 3.05) is 18.5 Å². The van der Waals surface area contributed by atoms with Crippen LogP contribution in [-0.2, 0) is 4.74 Å². The number of hydrogen-bond donors (Lipinski definition) is 2. The lowest BCUT2D eigenvalue weighted by molar-refractivity contribution is 0.0475. The van der Waals surface area contributed by atoms with Crippen molar-refractivity contribution in [3.63, 3.8) is 0 Å². The smallest absolute Gasteiger partial charge is 0.261 e. The van der Waals surface area contributed by atoms with Crippen LogP contribution in [0.25, 0.3) is 0 Å². The highest BCUT2D eigenvalue weighted by Crippen LogP contribution is 2.29. The topological polar surface area (TPSA) is 95.9 Å². The number of phenols is 1. The largest absolute Gasteiger partial charge is 0.506 e. The van der Waals surface area contributed by atoms with Crippen LogP contribution in [0.4, 0.5) is 5.69 Å². The van der Waals surface area contributed by atoms with E-state index >= 15 is 0 Å². The molecule has 4 rings (SSSR count). The predicted molar refractivity (Wildman–Crippen MR) is 102 cm³/mol. The molecule has 2 aromatic rings. The fourth-order valence-electron chi connectivity index (χ4n) is 3.39. The number of amides is 3. The summed E-state index contributed by atoms with van der Waals surface area (Å²) in [7, 11) is 0. The Morgan fingerprint density at radius 3 is 2.71 bits per heavy atom. The van der Waals surface area contributed by atoms with Crippen molar-refractivity contribution in [3.8, 4) is 5.75 Å². The number of aromatic hydroxyl groups is 1. The van der Waals surface area contributed by atoms with Gasteiger partial charge in [0.25, 0.3) is 17.7 Å². The Morgan fingerprint density at radius 2 is 1.96 bits per heavy atom. The fourth-order valence-corrected chi connectivity index (χ4v) is 3.56. The van der Waals surface area contributed by atoms with E-state index < -0.39 is 11.8 Å². The van der Waals surface area contributed by atoms with Gasteiger partial charge in [-0.3, -0.25) is 19.3 Å². The molecule has 144 valence electrons. The SMILES string of the molecule is O=C(Nc1cc(Cl)ccc1O)c1ccc2c(c1)C(=O)N(CC1CCCO1)C2=O. The van der Waals surface area contributed by atoms with E-state index in [1.165, 1.54) is 41.3 Å². The van der Waals surface area contributed by atoms with Crippen molar-refractivity contribution in [2.45, 2.75) is 18.9 Å². The Bertz CT molecular complexity index is 985. The molecule has 2 aromatic carbocycles. The van der Waals surface area contributed by atoms with Crippen molar-refractivity contribution in [1.82, 2.24) is 4.90 Å². The first-order valence-electron chi connectivity index (χ1n) is 8.86. The number of anilines is 1. The van der Waals surface area contributed by atoms with Crippen LogP contribution in [0.1, 0.15) is 43.9 Å². The Labute approximate surface area is 165 Å². The maximum atomic E-state index is 12.7. The molecule has 7 nitrogen and oxygen atoms in total. The molecule has 0 aromatic heterocycles. The lowest BCUT2D eigenvalue weighted by atomic mass is 10.1. The number of rotatable bonds is 4. The minimum absolute atomic E-state index is 0.132. The van der Waals surface area contributed by atoms with E-state index in [9.17, 15) is 19.5 Å². The number of fused-ring (bicyclic) bond motifs is 1. The molecule has 1 atom stereocenters. The number of hydrogen-bond acceptors (Lipinski definition) is 5. The van der Waals surface area contributed by atoms with Gasteiger partial charge >= 0.3 is 0 Å². The molecule has 1 fully saturated rings. The van der Waals surface area contributed by atoms with Gasteiger partial charge in [-0.2, -0.15) is 0 Å². The quantitative estimate of drug-likeness (QED) is 0.607. The fraction of sp³-hybridized carbons (Fsp3) is 0.250. The average molecular weight is 401 g/mol. The standard InChI is InChI=1S/C20H17ClN2O5/c21-12-4-6-17(24)16(9-12)22-18(25)11-3-5-14-15(8-11)20(27)23(19(14)26)10-13-2-1-7-28-13/h3-6,8-9,13,24H,1-2,7,10H2,(H,22,25). The number of phenolic OH excluding ortho intramolecular Hbond substituents is 1. The molecule has 3 amide bonds. The lowest BCUT2D eigenvalue weighted by Crippen LogP contribution is -2.36. The first-order chi connectivity index (χ1) is 13.4. The zero-order valence-corrected chi connectivity index (χ0v) is 15.5. The van der Waals surface area contributed by atoms with Gasteiger partial charge in [0.15, 0.2) is 0 Å². The highest BCUT2D eigenvalue weighted by Gasteiger charge is 2.38. The highest BCUT2D eigenvalue weighted by molar-refractivity contribution is 6.31. The molecule has 2 N–H and O–H groups in total. The van der Waals surface area contributed by atoms with Gasteiger partial charge in [-0.05, 0) is 49.2 Å². The van der Waals surface area contributed by atoms with Crippen molar-refractivity contribution in [2.24, 2.45) is 0 Å². The second kappa shape index (κ2) is 7.26. The third-order valence-electron chi connectivity index (χ3n) is 4.85. The molecule has 1 unspecified atom stereocenters. The Kier molecular flexibility index (Phi) is 4.78.